The first kappa shape index (κ1) is 15.0. The molecule has 1 aromatic rings. The van der Waals surface area contributed by atoms with E-state index in [2.05, 4.69) is 0 Å². The molecule has 0 saturated heterocycles. The van der Waals surface area contributed by atoms with E-state index in [1.807, 2.05) is 24.3 Å². The fourth-order valence-corrected chi connectivity index (χ4v) is 3.14. The molecule has 0 bridgehead atoms. The van der Waals surface area contributed by atoms with Gasteiger partial charge >= 0.3 is 0 Å². The summed E-state index contributed by atoms with van der Waals surface area (Å²) in [6, 6.07) is 7.63. The largest absolute Gasteiger partial charge is 0.497 e. The summed E-state index contributed by atoms with van der Waals surface area (Å²) in [6.45, 7) is 0.140. The maximum absolute atomic E-state index is 12.3. The first-order valence-electron chi connectivity index (χ1n) is 7.43. The number of ether oxygens (including phenoxy) is 1. The highest BCUT2D eigenvalue weighted by Gasteiger charge is 2.33. The van der Waals surface area contributed by atoms with E-state index < -0.39 is 0 Å². The fraction of sp³-hybridized carbons (Fsp3) is 0.588. The zero-order chi connectivity index (χ0) is 14.4. The summed E-state index contributed by atoms with van der Waals surface area (Å²) in [7, 11) is 1.63. The minimum atomic E-state index is -0.151. The molecule has 0 spiro atoms. The lowest BCUT2D eigenvalue weighted by molar-refractivity contribution is -0.122. The van der Waals surface area contributed by atoms with Crippen LogP contribution in [-0.2, 0) is 11.2 Å². The summed E-state index contributed by atoms with van der Waals surface area (Å²) in [5.74, 6) is 1.03. The quantitative estimate of drug-likeness (QED) is 0.868. The molecule has 2 rings (SSSR count). The summed E-state index contributed by atoms with van der Waals surface area (Å²) in [5, 5.41) is 9.66. The van der Waals surface area contributed by atoms with Crippen LogP contribution in [-0.4, -0.2) is 24.6 Å². The minimum Gasteiger partial charge on any atom is -0.497 e. The Balaban J connectivity index is 1.93. The normalized spacial score (nSPS) is 17.7. The average Bonchev–Trinajstić information content (AvgIpc) is 2.49. The smallest absolute Gasteiger partial charge is 0.137 e. The summed E-state index contributed by atoms with van der Waals surface area (Å²) in [6.07, 6.45) is 6.43. The second-order valence-electron chi connectivity index (χ2n) is 5.96. The molecule has 0 amide bonds. The van der Waals surface area contributed by atoms with Gasteiger partial charge in [0.2, 0.25) is 0 Å². The number of benzene rings is 1. The monoisotopic (exact) mass is 276 g/mol. The van der Waals surface area contributed by atoms with Crippen molar-refractivity contribution in [2.45, 2.75) is 44.9 Å². The van der Waals surface area contributed by atoms with E-state index in [1.165, 1.54) is 6.42 Å². The predicted molar refractivity (Wildman–Crippen MR) is 78.9 cm³/mol. The van der Waals surface area contributed by atoms with Gasteiger partial charge in [0.1, 0.15) is 11.5 Å². The highest BCUT2D eigenvalue weighted by Crippen LogP contribution is 2.39. The van der Waals surface area contributed by atoms with Gasteiger partial charge in [-0.1, -0.05) is 31.4 Å². The third kappa shape index (κ3) is 3.83. The van der Waals surface area contributed by atoms with Gasteiger partial charge in [0.05, 0.1) is 7.11 Å². The van der Waals surface area contributed by atoms with Crippen LogP contribution >= 0.6 is 0 Å². The van der Waals surface area contributed by atoms with Crippen molar-refractivity contribution in [1.29, 1.82) is 0 Å². The van der Waals surface area contributed by atoms with Crippen molar-refractivity contribution in [2.24, 2.45) is 5.41 Å². The number of ketones is 1. The van der Waals surface area contributed by atoms with E-state index in [0.29, 0.717) is 12.8 Å². The topological polar surface area (TPSA) is 46.5 Å². The first-order valence-corrected chi connectivity index (χ1v) is 7.43. The van der Waals surface area contributed by atoms with Crippen molar-refractivity contribution in [3.05, 3.63) is 29.8 Å². The maximum Gasteiger partial charge on any atom is 0.137 e. The Morgan fingerprint density at radius 2 is 1.85 bits per heavy atom. The summed E-state index contributed by atoms with van der Waals surface area (Å²) >= 11 is 0. The molecule has 1 aliphatic carbocycles. The number of hydrogen-bond acceptors (Lipinski definition) is 3. The summed E-state index contributed by atoms with van der Waals surface area (Å²) in [5.41, 5.74) is 0.863. The van der Waals surface area contributed by atoms with Crippen molar-refractivity contribution >= 4 is 5.78 Å². The second kappa shape index (κ2) is 6.89. The van der Waals surface area contributed by atoms with Gasteiger partial charge in [-0.3, -0.25) is 4.79 Å². The van der Waals surface area contributed by atoms with Crippen LogP contribution in [0.3, 0.4) is 0 Å². The van der Waals surface area contributed by atoms with Crippen molar-refractivity contribution in [3.8, 4) is 5.75 Å². The molecule has 1 N–H and O–H groups in total. The molecule has 110 valence electrons. The molecule has 1 aliphatic rings. The Morgan fingerprint density at radius 1 is 1.20 bits per heavy atom. The molecule has 1 aromatic carbocycles. The van der Waals surface area contributed by atoms with Crippen LogP contribution in [0.1, 0.15) is 44.1 Å². The van der Waals surface area contributed by atoms with Crippen LogP contribution in [0.4, 0.5) is 0 Å². The van der Waals surface area contributed by atoms with Crippen molar-refractivity contribution in [3.63, 3.8) is 0 Å². The number of Topliss-reactive ketones (excluding diaryl/α,β-unsaturated/α-hetero) is 1. The standard InChI is InChI=1S/C17H24O3/c1-20-16-7-5-14(6-8-16)11-15(19)12-17(13-18)9-3-2-4-10-17/h5-8,18H,2-4,9-13H2,1H3. The van der Waals surface area contributed by atoms with Gasteiger partial charge in [-0.05, 0) is 30.5 Å². The third-order valence-electron chi connectivity index (χ3n) is 4.38. The number of aliphatic hydroxyl groups is 1. The Bertz CT molecular complexity index is 430. The van der Waals surface area contributed by atoms with Gasteiger partial charge < -0.3 is 9.84 Å². The summed E-state index contributed by atoms with van der Waals surface area (Å²) in [4.78, 5) is 12.3. The van der Waals surface area contributed by atoms with Crippen LogP contribution in [0.15, 0.2) is 24.3 Å². The molecule has 0 radical (unpaired) electrons. The van der Waals surface area contributed by atoms with Gasteiger partial charge in [0.25, 0.3) is 0 Å². The van der Waals surface area contributed by atoms with E-state index in [4.69, 9.17) is 4.74 Å². The number of methoxy groups -OCH3 is 1. The molecular weight excluding hydrogens is 252 g/mol. The van der Waals surface area contributed by atoms with E-state index in [9.17, 15) is 9.90 Å². The molecule has 1 fully saturated rings. The van der Waals surface area contributed by atoms with E-state index >= 15 is 0 Å². The van der Waals surface area contributed by atoms with Gasteiger partial charge in [0.15, 0.2) is 0 Å². The molecule has 20 heavy (non-hydrogen) atoms. The first-order chi connectivity index (χ1) is 9.67. The molecule has 0 aliphatic heterocycles. The Morgan fingerprint density at radius 3 is 2.40 bits per heavy atom. The van der Waals surface area contributed by atoms with Crippen molar-refractivity contribution in [2.75, 3.05) is 13.7 Å². The Hall–Kier alpha value is -1.35. The molecular formula is C17H24O3. The van der Waals surface area contributed by atoms with Gasteiger partial charge in [0, 0.05) is 24.9 Å². The molecule has 0 atom stereocenters. The number of aliphatic hydroxyl groups excluding tert-OH is 1. The number of rotatable bonds is 6. The van der Waals surface area contributed by atoms with Crippen molar-refractivity contribution in [1.82, 2.24) is 0 Å². The van der Waals surface area contributed by atoms with Crippen molar-refractivity contribution < 1.29 is 14.6 Å². The zero-order valence-corrected chi connectivity index (χ0v) is 12.2. The Kier molecular flexibility index (Phi) is 5.18. The van der Waals surface area contributed by atoms with Gasteiger partial charge in [-0.15, -0.1) is 0 Å². The van der Waals surface area contributed by atoms with Gasteiger partial charge in [-0.2, -0.15) is 0 Å². The van der Waals surface area contributed by atoms with Crippen LogP contribution in [0.25, 0.3) is 0 Å². The van der Waals surface area contributed by atoms with Crippen LogP contribution in [0.2, 0.25) is 0 Å². The fourth-order valence-electron chi connectivity index (χ4n) is 3.14. The lowest BCUT2D eigenvalue weighted by atomic mass is 9.71. The second-order valence-corrected chi connectivity index (χ2v) is 5.96. The molecule has 1 saturated carbocycles. The molecule has 0 heterocycles. The van der Waals surface area contributed by atoms with Crippen LogP contribution < -0.4 is 4.74 Å². The molecule has 0 aromatic heterocycles. The average molecular weight is 276 g/mol. The minimum absolute atomic E-state index is 0.140. The third-order valence-corrected chi connectivity index (χ3v) is 4.38. The van der Waals surface area contributed by atoms with E-state index in [0.717, 1.165) is 37.0 Å². The lowest BCUT2D eigenvalue weighted by Gasteiger charge is -2.35. The molecule has 3 nitrogen and oxygen atoms in total. The number of carbonyl (C=O) groups is 1. The zero-order valence-electron chi connectivity index (χ0n) is 12.2. The number of carbonyl (C=O) groups excluding carboxylic acids is 1. The lowest BCUT2D eigenvalue weighted by Crippen LogP contribution is -2.31. The van der Waals surface area contributed by atoms with E-state index in [-0.39, 0.29) is 17.8 Å². The molecule has 0 unspecified atom stereocenters. The molecule has 3 heteroatoms. The highest BCUT2D eigenvalue weighted by molar-refractivity contribution is 5.81. The highest BCUT2D eigenvalue weighted by atomic mass is 16.5. The van der Waals surface area contributed by atoms with Gasteiger partial charge in [-0.25, -0.2) is 0 Å². The maximum atomic E-state index is 12.3. The van der Waals surface area contributed by atoms with E-state index in [1.54, 1.807) is 7.11 Å². The van der Waals surface area contributed by atoms with Crippen LogP contribution in [0, 0.1) is 5.41 Å². The predicted octanol–water partition coefficient (Wildman–Crippen LogP) is 3.14. The Labute approximate surface area is 121 Å². The SMILES string of the molecule is COc1ccc(CC(=O)CC2(CO)CCCCC2)cc1. The van der Waals surface area contributed by atoms with Crippen LogP contribution in [0.5, 0.6) is 5.75 Å². The number of hydrogen-bond donors (Lipinski definition) is 1. The summed E-state index contributed by atoms with van der Waals surface area (Å²) < 4.78 is 5.11.